The van der Waals surface area contributed by atoms with Crippen molar-refractivity contribution in [2.24, 2.45) is 5.92 Å². The Balaban J connectivity index is 1.75. The second kappa shape index (κ2) is 5.67. The monoisotopic (exact) mass is 292 g/mol. The summed E-state index contributed by atoms with van der Waals surface area (Å²) in [6.45, 7) is 6.71. The van der Waals surface area contributed by atoms with Gasteiger partial charge in [0.1, 0.15) is 0 Å². The van der Waals surface area contributed by atoms with Crippen LogP contribution in [0.1, 0.15) is 56.6 Å². The van der Waals surface area contributed by atoms with Gasteiger partial charge in [-0.2, -0.15) is 0 Å². The average molecular weight is 293 g/mol. The third-order valence-corrected chi connectivity index (χ3v) is 5.55. The molecule has 0 amide bonds. The highest BCUT2D eigenvalue weighted by Crippen LogP contribution is 2.41. The Morgan fingerprint density at radius 2 is 1.80 bits per heavy atom. The molecule has 5 unspecified atom stereocenters. The van der Waals surface area contributed by atoms with Gasteiger partial charge >= 0.3 is 0 Å². The Morgan fingerprint density at radius 1 is 1.10 bits per heavy atom. The highest BCUT2D eigenvalue weighted by atomic mass is 35.5. The molecule has 5 atom stereocenters. The highest BCUT2D eigenvalue weighted by Gasteiger charge is 2.43. The van der Waals surface area contributed by atoms with E-state index in [1.165, 1.54) is 17.5 Å². The SMILES string of the molecule is CC(C)c1ccc(C2CC(Cl)C3C(C)NNC3C2)cc1. The molecule has 2 nitrogen and oxygen atoms in total. The summed E-state index contributed by atoms with van der Waals surface area (Å²) >= 11 is 6.66. The largest absolute Gasteiger partial charge is 0.254 e. The fourth-order valence-electron chi connectivity index (χ4n) is 3.82. The van der Waals surface area contributed by atoms with E-state index in [1.54, 1.807) is 0 Å². The van der Waals surface area contributed by atoms with Gasteiger partial charge in [-0.15, -0.1) is 11.6 Å². The highest BCUT2D eigenvalue weighted by molar-refractivity contribution is 6.21. The van der Waals surface area contributed by atoms with E-state index in [0.717, 1.165) is 6.42 Å². The van der Waals surface area contributed by atoms with Crippen molar-refractivity contribution in [2.75, 3.05) is 0 Å². The topological polar surface area (TPSA) is 24.1 Å². The maximum atomic E-state index is 6.66. The van der Waals surface area contributed by atoms with Crippen LogP contribution in [-0.4, -0.2) is 17.5 Å². The van der Waals surface area contributed by atoms with Crippen LogP contribution in [0.2, 0.25) is 0 Å². The number of benzene rings is 1. The van der Waals surface area contributed by atoms with Gasteiger partial charge in [-0.1, -0.05) is 38.1 Å². The number of rotatable bonds is 2. The van der Waals surface area contributed by atoms with Crippen molar-refractivity contribution in [1.29, 1.82) is 0 Å². The van der Waals surface area contributed by atoms with Gasteiger partial charge in [-0.3, -0.25) is 10.9 Å². The molecule has 1 saturated carbocycles. The molecule has 2 aliphatic rings. The molecule has 1 saturated heterocycles. The van der Waals surface area contributed by atoms with Crippen molar-refractivity contribution in [3.05, 3.63) is 35.4 Å². The van der Waals surface area contributed by atoms with Crippen LogP contribution in [0.15, 0.2) is 24.3 Å². The lowest BCUT2D eigenvalue weighted by molar-refractivity contribution is 0.290. The number of fused-ring (bicyclic) bond motifs is 1. The molecule has 1 aliphatic heterocycles. The van der Waals surface area contributed by atoms with E-state index in [1.807, 2.05) is 0 Å². The summed E-state index contributed by atoms with van der Waals surface area (Å²) in [7, 11) is 0. The van der Waals surface area contributed by atoms with Crippen molar-refractivity contribution in [1.82, 2.24) is 10.9 Å². The maximum absolute atomic E-state index is 6.66. The number of halogens is 1. The van der Waals surface area contributed by atoms with E-state index < -0.39 is 0 Å². The number of alkyl halides is 1. The molecule has 1 aromatic carbocycles. The zero-order valence-corrected chi connectivity index (χ0v) is 13.3. The van der Waals surface area contributed by atoms with Crippen LogP contribution in [0.4, 0.5) is 0 Å². The number of hydrazine groups is 1. The van der Waals surface area contributed by atoms with Gasteiger partial charge in [0.25, 0.3) is 0 Å². The molecular formula is C17H25ClN2. The lowest BCUT2D eigenvalue weighted by Gasteiger charge is -2.36. The molecular weight excluding hydrogens is 268 g/mol. The van der Waals surface area contributed by atoms with Gasteiger partial charge < -0.3 is 0 Å². The molecule has 1 aliphatic carbocycles. The third kappa shape index (κ3) is 2.61. The standard InChI is InChI=1S/C17H25ClN2/c1-10(2)12-4-6-13(7-5-12)14-8-15(18)17-11(3)19-20-16(17)9-14/h4-7,10-11,14-17,19-20H,8-9H2,1-3H3. The predicted octanol–water partition coefficient (Wildman–Crippen LogP) is 3.78. The number of hydrogen-bond donors (Lipinski definition) is 2. The Hall–Kier alpha value is -0.570. The van der Waals surface area contributed by atoms with Gasteiger partial charge in [0.15, 0.2) is 0 Å². The van der Waals surface area contributed by atoms with Crippen LogP contribution in [0.25, 0.3) is 0 Å². The maximum Gasteiger partial charge on any atom is 0.0400 e. The van der Waals surface area contributed by atoms with Crippen molar-refractivity contribution in [3.63, 3.8) is 0 Å². The van der Waals surface area contributed by atoms with Gasteiger partial charge in [-0.05, 0) is 42.7 Å². The van der Waals surface area contributed by atoms with Gasteiger partial charge in [0.2, 0.25) is 0 Å². The summed E-state index contributed by atoms with van der Waals surface area (Å²) in [5.41, 5.74) is 9.65. The number of nitrogens with one attached hydrogen (secondary N) is 2. The first-order valence-corrected chi connectivity index (χ1v) is 8.25. The Morgan fingerprint density at radius 3 is 2.45 bits per heavy atom. The lowest BCUT2D eigenvalue weighted by Crippen LogP contribution is -2.40. The Kier molecular flexibility index (Phi) is 4.07. The fraction of sp³-hybridized carbons (Fsp3) is 0.647. The summed E-state index contributed by atoms with van der Waals surface area (Å²) in [5.74, 6) is 1.74. The molecule has 2 fully saturated rings. The smallest absolute Gasteiger partial charge is 0.0400 e. The van der Waals surface area contributed by atoms with Crippen LogP contribution in [0.3, 0.4) is 0 Å². The van der Waals surface area contributed by atoms with E-state index in [0.29, 0.717) is 29.8 Å². The second-order valence-electron chi connectivity index (χ2n) is 6.77. The van der Waals surface area contributed by atoms with E-state index in [4.69, 9.17) is 11.6 Å². The molecule has 3 rings (SSSR count). The zero-order valence-electron chi connectivity index (χ0n) is 12.6. The van der Waals surface area contributed by atoms with Crippen LogP contribution in [0, 0.1) is 5.92 Å². The normalized spacial score (nSPS) is 37.1. The van der Waals surface area contributed by atoms with Crippen molar-refractivity contribution < 1.29 is 0 Å². The third-order valence-electron chi connectivity index (χ3n) is 5.08. The summed E-state index contributed by atoms with van der Waals surface area (Å²) < 4.78 is 0. The first-order valence-electron chi connectivity index (χ1n) is 7.81. The minimum Gasteiger partial charge on any atom is -0.254 e. The molecule has 20 heavy (non-hydrogen) atoms. The molecule has 3 heteroatoms. The second-order valence-corrected chi connectivity index (χ2v) is 7.33. The average Bonchev–Trinajstić information content (AvgIpc) is 2.81. The first-order chi connectivity index (χ1) is 9.56. The minimum absolute atomic E-state index is 0.265. The van der Waals surface area contributed by atoms with Crippen LogP contribution in [0.5, 0.6) is 0 Å². The van der Waals surface area contributed by atoms with Crippen LogP contribution < -0.4 is 10.9 Å². The summed E-state index contributed by atoms with van der Waals surface area (Å²) in [6.07, 6.45) is 2.28. The van der Waals surface area contributed by atoms with E-state index >= 15 is 0 Å². The van der Waals surface area contributed by atoms with Gasteiger partial charge in [-0.25, -0.2) is 0 Å². The lowest BCUT2D eigenvalue weighted by atomic mass is 9.74. The zero-order chi connectivity index (χ0) is 14.3. The molecule has 0 bridgehead atoms. The molecule has 1 heterocycles. The molecule has 110 valence electrons. The van der Waals surface area contributed by atoms with Crippen molar-refractivity contribution in [2.45, 2.75) is 62.9 Å². The number of hydrogen-bond acceptors (Lipinski definition) is 2. The van der Waals surface area contributed by atoms with Crippen molar-refractivity contribution >= 4 is 11.6 Å². The predicted molar refractivity (Wildman–Crippen MR) is 85.2 cm³/mol. The molecule has 0 radical (unpaired) electrons. The summed E-state index contributed by atoms with van der Waals surface area (Å²) in [6, 6.07) is 10.1. The Bertz CT molecular complexity index is 457. The molecule has 0 spiro atoms. The summed E-state index contributed by atoms with van der Waals surface area (Å²) in [4.78, 5) is 0. The van der Waals surface area contributed by atoms with Crippen LogP contribution in [-0.2, 0) is 0 Å². The van der Waals surface area contributed by atoms with E-state index in [2.05, 4.69) is 55.9 Å². The molecule has 1 aromatic rings. The fourth-order valence-corrected chi connectivity index (χ4v) is 4.43. The quantitative estimate of drug-likeness (QED) is 0.811. The summed E-state index contributed by atoms with van der Waals surface area (Å²) in [5, 5.41) is 0.265. The Labute approximate surface area is 127 Å². The van der Waals surface area contributed by atoms with E-state index in [-0.39, 0.29) is 5.38 Å². The van der Waals surface area contributed by atoms with Gasteiger partial charge in [0, 0.05) is 23.4 Å². The molecule has 2 N–H and O–H groups in total. The van der Waals surface area contributed by atoms with E-state index in [9.17, 15) is 0 Å². The minimum atomic E-state index is 0.265. The first kappa shape index (κ1) is 14.4. The van der Waals surface area contributed by atoms with Gasteiger partial charge in [0.05, 0.1) is 0 Å². The molecule has 0 aromatic heterocycles. The van der Waals surface area contributed by atoms with Crippen molar-refractivity contribution in [3.8, 4) is 0 Å². The van der Waals surface area contributed by atoms with Crippen LogP contribution >= 0.6 is 11.6 Å².